The van der Waals surface area contributed by atoms with Gasteiger partial charge in [-0.25, -0.2) is 4.79 Å². The molecule has 1 aliphatic carbocycles. The lowest BCUT2D eigenvalue weighted by atomic mass is 10.2. The number of amides is 1. The molecule has 1 aliphatic heterocycles. The Labute approximate surface area is 92.0 Å². The van der Waals surface area contributed by atoms with Gasteiger partial charge in [0, 0.05) is 18.1 Å². The average molecular weight is 230 g/mol. The SMILES string of the molecule is NC1(C(=O)N2CCSCC2C(=O)O)CC1. The maximum atomic E-state index is 11.9. The summed E-state index contributed by atoms with van der Waals surface area (Å²) in [5.74, 6) is 0.151. The minimum Gasteiger partial charge on any atom is -0.480 e. The van der Waals surface area contributed by atoms with E-state index in [1.165, 1.54) is 4.90 Å². The minimum atomic E-state index is -0.931. The molecule has 2 fully saturated rings. The second-order valence-electron chi connectivity index (χ2n) is 4.08. The number of nitrogens with zero attached hydrogens (tertiary/aromatic N) is 1. The third kappa shape index (κ3) is 1.96. The van der Waals surface area contributed by atoms with Crippen molar-refractivity contribution in [3.8, 4) is 0 Å². The van der Waals surface area contributed by atoms with Crippen LogP contribution in [0.2, 0.25) is 0 Å². The largest absolute Gasteiger partial charge is 0.480 e. The third-order valence-electron chi connectivity index (χ3n) is 2.89. The van der Waals surface area contributed by atoms with Gasteiger partial charge in [0.25, 0.3) is 0 Å². The summed E-state index contributed by atoms with van der Waals surface area (Å²) in [4.78, 5) is 24.3. The molecule has 1 saturated carbocycles. The molecule has 1 unspecified atom stereocenters. The van der Waals surface area contributed by atoms with Crippen LogP contribution in [0.4, 0.5) is 0 Å². The summed E-state index contributed by atoms with van der Waals surface area (Å²) in [7, 11) is 0. The van der Waals surface area contributed by atoms with Crippen molar-refractivity contribution in [3.05, 3.63) is 0 Å². The van der Waals surface area contributed by atoms with E-state index in [4.69, 9.17) is 10.8 Å². The fourth-order valence-corrected chi connectivity index (χ4v) is 2.72. The first-order valence-electron chi connectivity index (χ1n) is 4.95. The third-order valence-corrected chi connectivity index (χ3v) is 3.91. The van der Waals surface area contributed by atoms with Crippen molar-refractivity contribution in [2.24, 2.45) is 5.73 Å². The van der Waals surface area contributed by atoms with Crippen LogP contribution < -0.4 is 5.73 Å². The van der Waals surface area contributed by atoms with Crippen LogP contribution in [-0.2, 0) is 9.59 Å². The van der Waals surface area contributed by atoms with Crippen LogP contribution in [0.15, 0.2) is 0 Å². The summed E-state index contributed by atoms with van der Waals surface area (Å²) < 4.78 is 0. The fourth-order valence-electron chi connectivity index (χ4n) is 1.69. The molecular formula is C9H14N2O3S. The van der Waals surface area contributed by atoms with Gasteiger partial charge in [0.2, 0.25) is 5.91 Å². The van der Waals surface area contributed by atoms with E-state index in [1.54, 1.807) is 11.8 Å². The van der Waals surface area contributed by atoms with Crippen molar-refractivity contribution in [1.29, 1.82) is 0 Å². The molecule has 2 aliphatic rings. The Balaban J connectivity index is 2.10. The maximum Gasteiger partial charge on any atom is 0.327 e. The van der Waals surface area contributed by atoms with Gasteiger partial charge in [-0.3, -0.25) is 4.79 Å². The second-order valence-corrected chi connectivity index (χ2v) is 5.23. The van der Waals surface area contributed by atoms with Crippen LogP contribution in [0.3, 0.4) is 0 Å². The number of thioether (sulfide) groups is 1. The molecular weight excluding hydrogens is 216 g/mol. The number of carbonyl (C=O) groups is 2. The van der Waals surface area contributed by atoms with Gasteiger partial charge in [0.05, 0.1) is 5.54 Å². The van der Waals surface area contributed by atoms with E-state index < -0.39 is 17.6 Å². The molecule has 6 heteroatoms. The van der Waals surface area contributed by atoms with Crippen LogP contribution in [-0.4, -0.2) is 51.5 Å². The maximum absolute atomic E-state index is 11.9. The lowest BCUT2D eigenvalue weighted by molar-refractivity contribution is -0.150. The lowest BCUT2D eigenvalue weighted by Crippen LogP contribution is -2.56. The Bertz CT molecular complexity index is 304. The summed E-state index contributed by atoms with van der Waals surface area (Å²) in [5, 5.41) is 9.00. The quantitative estimate of drug-likeness (QED) is 0.668. The zero-order valence-electron chi connectivity index (χ0n) is 8.31. The minimum absolute atomic E-state index is 0.185. The van der Waals surface area contributed by atoms with Crippen LogP contribution >= 0.6 is 11.8 Å². The summed E-state index contributed by atoms with van der Waals surface area (Å²) >= 11 is 1.57. The van der Waals surface area contributed by atoms with Crippen LogP contribution in [0.5, 0.6) is 0 Å². The number of aliphatic carboxylic acids is 1. The first kappa shape index (κ1) is 10.8. The molecule has 0 aromatic heterocycles. The van der Waals surface area contributed by atoms with Gasteiger partial charge in [-0.2, -0.15) is 11.8 Å². The van der Waals surface area contributed by atoms with Crippen molar-refractivity contribution >= 4 is 23.6 Å². The van der Waals surface area contributed by atoms with Gasteiger partial charge >= 0.3 is 5.97 Å². The highest BCUT2D eigenvalue weighted by Crippen LogP contribution is 2.35. The number of hydrogen-bond donors (Lipinski definition) is 2. The Hall–Kier alpha value is -0.750. The molecule has 0 radical (unpaired) electrons. The van der Waals surface area contributed by atoms with E-state index in [-0.39, 0.29) is 5.91 Å². The topological polar surface area (TPSA) is 83.6 Å². The number of carbonyl (C=O) groups excluding carboxylic acids is 1. The Morgan fingerprint density at radius 2 is 2.13 bits per heavy atom. The zero-order chi connectivity index (χ0) is 11.1. The van der Waals surface area contributed by atoms with Gasteiger partial charge in [0.15, 0.2) is 0 Å². The zero-order valence-corrected chi connectivity index (χ0v) is 9.13. The van der Waals surface area contributed by atoms with Gasteiger partial charge in [-0.1, -0.05) is 0 Å². The molecule has 2 rings (SSSR count). The van der Waals surface area contributed by atoms with Gasteiger partial charge in [0.1, 0.15) is 6.04 Å². The average Bonchev–Trinajstić information content (AvgIpc) is 2.96. The smallest absolute Gasteiger partial charge is 0.327 e. The molecule has 1 atom stereocenters. The fraction of sp³-hybridized carbons (Fsp3) is 0.778. The van der Waals surface area contributed by atoms with Crippen LogP contribution in [0.25, 0.3) is 0 Å². The molecule has 84 valence electrons. The van der Waals surface area contributed by atoms with Crippen molar-refractivity contribution in [1.82, 2.24) is 4.90 Å². The lowest BCUT2D eigenvalue weighted by Gasteiger charge is -2.34. The summed E-state index contributed by atoms with van der Waals surface area (Å²) in [6, 6.07) is -0.697. The number of carboxylic acid groups (broad SMARTS) is 1. The summed E-state index contributed by atoms with van der Waals surface area (Å²) in [6.07, 6.45) is 1.36. The first-order valence-corrected chi connectivity index (χ1v) is 6.10. The van der Waals surface area contributed by atoms with E-state index in [2.05, 4.69) is 0 Å². The second kappa shape index (κ2) is 3.68. The predicted molar refractivity (Wildman–Crippen MR) is 56.6 cm³/mol. The van der Waals surface area contributed by atoms with E-state index in [0.29, 0.717) is 25.1 Å². The highest BCUT2D eigenvalue weighted by atomic mass is 32.2. The monoisotopic (exact) mass is 230 g/mol. The van der Waals surface area contributed by atoms with Crippen LogP contribution in [0.1, 0.15) is 12.8 Å². The number of carboxylic acids is 1. The number of hydrogen-bond acceptors (Lipinski definition) is 4. The van der Waals surface area contributed by atoms with E-state index in [1.807, 2.05) is 0 Å². The van der Waals surface area contributed by atoms with E-state index >= 15 is 0 Å². The first-order chi connectivity index (χ1) is 7.04. The van der Waals surface area contributed by atoms with Gasteiger partial charge < -0.3 is 15.7 Å². The standard InChI is InChI=1S/C9H14N2O3S/c10-9(1-2-9)8(14)11-3-4-15-5-6(11)7(12)13/h6H,1-5,10H2,(H,12,13). The van der Waals surface area contributed by atoms with Crippen LogP contribution in [0, 0.1) is 0 Å². The number of nitrogens with two attached hydrogens (primary N) is 1. The molecule has 15 heavy (non-hydrogen) atoms. The highest BCUT2D eigenvalue weighted by Gasteiger charge is 2.50. The normalized spacial score (nSPS) is 28.6. The van der Waals surface area contributed by atoms with Crippen molar-refractivity contribution in [3.63, 3.8) is 0 Å². The predicted octanol–water partition coefficient (Wildman–Crippen LogP) is -0.494. The van der Waals surface area contributed by atoms with Crippen molar-refractivity contribution in [2.45, 2.75) is 24.4 Å². The van der Waals surface area contributed by atoms with E-state index in [9.17, 15) is 9.59 Å². The Morgan fingerprint density at radius 3 is 2.67 bits per heavy atom. The van der Waals surface area contributed by atoms with E-state index in [0.717, 1.165) is 5.75 Å². The number of rotatable bonds is 2. The molecule has 1 heterocycles. The van der Waals surface area contributed by atoms with Gasteiger partial charge in [-0.05, 0) is 12.8 Å². The molecule has 3 N–H and O–H groups in total. The van der Waals surface area contributed by atoms with Gasteiger partial charge in [-0.15, -0.1) is 0 Å². The summed E-state index contributed by atoms with van der Waals surface area (Å²) in [5.41, 5.74) is 5.04. The molecule has 0 aromatic rings. The molecule has 0 aromatic carbocycles. The molecule has 0 bridgehead atoms. The summed E-state index contributed by atoms with van der Waals surface area (Å²) in [6.45, 7) is 0.499. The molecule has 1 saturated heterocycles. The molecule has 1 amide bonds. The Morgan fingerprint density at radius 1 is 1.47 bits per heavy atom. The Kier molecular flexibility index (Phi) is 2.64. The van der Waals surface area contributed by atoms with Crippen molar-refractivity contribution in [2.75, 3.05) is 18.1 Å². The van der Waals surface area contributed by atoms with Crippen molar-refractivity contribution < 1.29 is 14.7 Å². The molecule has 5 nitrogen and oxygen atoms in total. The molecule has 0 spiro atoms. The highest BCUT2D eigenvalue weighted by molar-refractivity contribution is 7.99.